The van der Waals surface area contributed by atoms with E-state index in [1.165, 1.54) is 0 Å². The second kappa shape index (κ2) is 5.26. The minimum absolute atomic E-state index is 0.413. The normalized spacial score (nSPS) is 12.5. The van der Waals surface area contributed by atoms with Crippen molar-refractivity contribution in [3.63, 3.8) is 0 Å². The summed E-state index contributed by atoms with van der Waals surface area (Å²) in [5.41, 5.74) is 0.882. The molecule has 0 saturated heterocycles. The van der Waals surface area contributed by atoms with Gasteiger partial charge in [-0.1, -0.05) is 23.4 Å². The number of benzene rings is 1. The van der Waals surface area contributed by atoms with E-state index in [0.29, 0.717) is 24.1 Å². The third-order valence-corrected chi connectivity index (χ3v) is 2.92. The quantitative estimate of drug-likeness (QED) is 0.785. The number of aliphatic hydroxyl groups excluding tert-OH is 1. The monoisotopic (exact) mass is 270 g/mol. The Bertz CT molecular complexity index is 688. The van der Waals surface area contributed by atoms with Gasteiger partial charge in [0.25, 0.3) is 5.89 Å². The topological polar surface area (TPSA) is 77.0 Å². The van der Waals surface area contributed by atoms with Crippen LogP contribution in [0, 0.1) is 0 Å². The van der Waals surface area contributed by atoms with E-state index in [0.717, 1.165) is 5.56 Å². The molecule has 20 heavy (non-hydrogen) atoms. The maximum absolute atomic E-state index is 9.61. The fourth-order valence-electron chi connectivity index (χ4n) is 1.99. The molecule has 2 heterocycles. The van der Waals surface area contributed by atoms with Crippen LogP contribution in [0.1, 0.15) is 24.7 Å². The Hall–Kier alpha value is -2.47. The average molecular weight is 270 g/mol. The molecule has 6 heteroatoms. The van der Waals surface area contributed by atoms with Gasteiger partial charge in [0.2, 0.25) is 0 Å². The zero-order valence-corrected chi connectivity index (χ0v) is 11.0. The molecule has 0 fully saturated rings. The van der Waals surface area contributed by atoms with E-state index >= 15 is 0 Å². The number of aromatic nitrogens is 4. The lowest BCUT2D eigenvalue weighted by molar-refractivity contribution is 0.184. The van der Waals surface area contributed by atoms with Crippen LogP contribution in [0.15, 0.2) is 47.2 Å². The van der Waals surface area contributed by atoms with E-state index in [9.17, 15) is 5.11 Å². The summed E-state index contributed by atoms with van der Waals surface area (Å²) >= 11 is 0. The highest BCUT2D eigenvalue weighted by Crippen LogP contribution is 2.17. The largest absolute Gasteiger partial charge is 0.385 e. The molecule has 0 aliphatic rings. The minimum Gasteiger partial charge on any atom is -0.385 e. The predicted octanol–water partition coefficient (Wildman–Crippen LogP) is 2.03. The van der Waals surface area contributed by atoms with Crippen LogP contribution in [0.25, 0.3) is 11.5 Å². The van der Waals surface area contributed by atoms with Crippen molar-refractivity contribution in [2.45, 2.75) is 19.6 Å². The molecule has 3 rings (SSSR count). The number of aliphatic hydroxyl groups is 1. The van der Waals surface area contributed by atoms with Gasteiger partial charge < -0.3 is 14.2 Å². The summed E-state index contributed by atoms with van der Waals surface area (Å²) in [6.07, 6.45) is 2.78. The first-order valence-corrected chi connectivity index (χ1v) is 6.31. The Kier molecular flexibility index (Phi) is 3.30. The van der Waals surface area contributed by atoms with Crippen molar-refractivity contribution >= 4 is 0 Å². The molecule has 0 bridgehead atoms. The highest BCUT2D eigenvalue weighted by atomic mass is 16.5. The molecule has 0 aliphatic carbocycles. The molecule has 6 nitrogen and oxygen atoms in total. The first-order valence-electron chi connectivity index (χ1n) is 6.31. The molecule has 1 N–H and O–H groups in total. The molecule has 0 amide bonds. The summed E-state index contributed by atoms with van der Waals surface area (Å²) in [7, 11) is 0. The smallest absolute Gasteiger partial charge is 0.257 e. The van der Waals surface area contributed by atoms with Crippen LogP contribution in [0.5, 0.6) is 0 Å². The Balaban J connectivity index is 1.83. The van der Waals surface area contributed by atoms with Crippen LogP contribution in [0.4, 0.5) is 0 Å². The molecule has 0 radical (unpaired) electrons. The molecule has 0 aliphatic heterocycles. The number of hydrogen-bond donors (Lipinski definition) is 1. The van der Waals surface area contributed by atoms with E-state index < -0.39 is 6.10 Å². The number of imidazole rings is 1. The number of rotatable bonds is 4. The minimum atomic E-state index is -0.634. The van der Waals surface area contributed by atoms with Crippen molar-refractivity contribution in [1.29, 1.82) is 0 Å². The third-order valence-electron chi connectivity index (χ3n) is 2.92. The molecule has 102 valence electrons. The van der Waals surface area contributed by atoms with Gasteiger partial charge >= 0.3 is 0 Å². The second-order valence-electron chi connectivity index (χ2n) is 4.47. The van der Waals surface area contributed by atoms with Crippen LogP contribution in [-0.2, 0) is 6.54 Å². The van der Waals surface area contributed by atoms with Crippen molar-refractivity contribution in [2.75, 3.05) is 0 Å². The van der Waals surface area contributed by atoms with Gasteiger partial charge in [0.05, 0.1) is 6.54 Å². The van der Waals surface area contributed by atoms with Crippen molar-refractivity contribution in [3.05, 3.63) is 54.4 Å². The lowest BCUT2D eigenvalue weighted by Gasteiger charge is -2.06. The van der Waals surface area contributed by atoms with Gasteiger partial charge in [-0.25, -0.2) is 4.98 Å². The predicted molar refractivity (Wildman–Crippen MR) is 71.7 cm³/mol. The lowest BCUT2D eigenvalue weighted by atomic mass is 10.2. The fourth-order valence-corrected chi connectivity index (χ4v) is 1.99. The van der Waals surface area contributed by atoms with E-state index in [2.05, 4.69) is 15.1 Å². The van der Waals surface area contributed by atoms with Crippen LogP contribution in [0.3, 0.4) is 0 Å². The molecule has 3 aromatic rings. The van der Waals surface area contributed by atoms with Gasteiger partial charge in [-0.15, -0.1) is 0 Å². The molecular weight excluding hydrogens is 256 g/mol. The van der Waals surface area contributed by atoms with Crippen LogP contribution in [0.2, 0.25) is 0 Å². The van der Waals surface area contributed by atoms with E-state index in [-0.39, 0.29) is 0 Å². The first-order chi connectivity index (χ1) is 9.74. The van der Waals surface area contributed by atoms with Crippen LogP contribution in [-0.4, -0.2) is 24.8 Å². The summed E-state index contributed by atoms with van der Waals surface area (Å²) in [6.45, 7) is 2.08. The summed E-state index contributed by atoms with van der Waals surface area (Å²) in [5, 5.41) is 13.6. The SMILES string of the molecule is CC(O)c1nccn1Cc1noc(-c2ccccc2)n1. The highest BCUT2D eigenvalue weighted by Gasteiger charge is 2.13. The Labute approximate surface area is 115 Å². The molecule has 1 atom stereocenters. The number of nitrogens with zero attached hydrogens (tertiary/aromatic N) is 4. The Morgan fingerprint density at radius 2 is 2.10 bits per heavy atom. The zero-order valence-electron chi connectivity index (χ0n) is 11.0. The second-order valence-corrected chi connectivity index (χ2v) is 4.47. The zero-order chi connectivity index (χ0) is 13.9. The lowest BCUT2D eigenvalue weighted by Crippen LogP contribution is -2.08. The van der Waals surface area contributed by atoms with Gasteiger partial charge in [-0.3, -0.25) is 0 Å². The van der Waals surface area contributed by atoms with Gasteiger partial charge in [-0.05, 0) is 19.1 Å². The summed E-state index contributed by atoms with van der Waals surface area (Å²) in [4.78, 5) is 8.45. The molecular formula is C14H14N4O2. The molecule has 1 unspecified atom stereocenters. The van der Waals surface area contributed by atoms with Gasteiger partial charge in [-0.2, -0.15) is 4.98 Å². The summed E-state index contributed by atoms with van der Waals surface area (Å²) in [5.74, 6) is 1.61. The fraction of sp³-hybridized carbons (Fsp3) is 0.214. The maximum atomic E-state index is 9.61. The van der Waals surface area contributed by atoms with E-state index in [4.69, 9.17) is 4.52 Å². The third kappa shape index (κ3) is 2.46. The maximum Gasteiger partial charge on any atom is 0.257 e. The molecule has 0 spiro atoms. The van der Waals surface area contributed by atoms with E-state index in [1.807, 2.05) is 30.3 Å². The van der Waals surface area contributed by atoms with Crippen molar-refractivity contribution in [1.82, 2.24) is 19.7 Å². The molecule has 1 aromatic carbocycles. The molecule has 2 aromatic heterocycles. The van der Waals surface area contributed by atoms with Crippen molar-refractivity contribution in [3.8, 4) is 11.5 Å². The van der Waals surface area contributed by atoms with E-state index in [1.54, 1.807) is 23.9 Å². The van der Waals surface area contributed by atoms with Crippen LogP contribution >= 0.6 is 0 Å². The standard InChI is InChI=1S/C14H14N4O2/c1-10(19)13-15-7-8-18(13)9-12-16-14(20-17-12)11-5-3-2-4-6-11/h2-8,10,19H,9H2,1H3. The van der Waals surface area contributed by atoms with Crippen molar-refractivity contribution < 1.29 is 9.63 Å². The Morgan fingerprint density at radius 1 is 1.30 bits per heavy atom. The van der Waals surface area contributed by atoms with Gasteiger partial charge in [0.15, 0.2) is 5.82 Å². The van der Waals surface area contributed by atoms with Gasteiger partial charge in [0.1, 0.15) is 11.9 Å². The summed E-state index contributed by atoms with van der Waals surface area (Å²) in [6, 6.07) is 9.59. The average Bonchev–Trinajstić information content (AvgIpc) is 3.09. The Morgan fingerprint density at radius 3 is 2.85 bits per heavy atom. The van der Waals surface area contributed by atoms with Gasteiger partial charge in [0, 0.05) is 18.0 Å². The number of hydrogen-bond acceptors (Lipinski definition) is 5. The summed E-state index contributed by atoms with van der Waals surface area (Å²) < 4.78 is 7.04. The highest BCUT2D eigenvalue weighted by molar-refractivity contribution is 5.51. The molecule has 0 saturated carbocycles. The van der Waals surface area contributed by atoms with Crippen LogP contribution < -0.4 is 0 Å². The van der Waals surface area contributed by atoms with Crippen molar-refractivity contribution in [2.24, 2.45) is 0 Å². The first kappa shape index (κ1) is 12.6.